The molecule has 1 atom stereocenters. The first-order valence-corrected chi connectivity index (χ1v) is 11.0. The first-order valence-electron chi connectivity index (χ1n) is 11.0. The lowest BCUT2D eigenvalue weighted by molar-refractivity contribution is 0.0147. The third kappa shape index (κ3) is 5.94. The number of primary amides is 1. The maximum atomic E-state index is 11.4. The quantitative estimate of drug-likeness (QED) is 0.607. The van der Waals surface area contributed by atoms with E-state index in [2.05, 4.69) is 51.6 Å². The van der Waals surface area contributed by atoms with Gasteiger partial charge in [0.25, 0.3) is 0 Å². The van der Waals surface area contributed by atoms with E-state index in [0.29, 0.717) is 12.0 Å². The third-order valence-corrected chi connectivity index (χ3v) is 4.99. The predicted octanol–water partition coefficient (Wildman–Crippen LogP) is 6.64. The SMILES string of the molecule is C=C1C=C(C)C=C(CC)CC12CC(c1ccc(C(N)=O)c(C)c1)=NO2.CC.CCC. The number of amides is 1. The topological polar surface area (TPSA) is 64.7 Å². The predicted molar refractivity (Wildman–Crippen MR) is 128 cm³/mol. The van der Waals surface area contributed by atoms with Crippen molar-refractivity contribution in [1.29, 1.82) is 0 Å². The van der Waals surface area contributed by atoms with Crippen LogP contribution in [0.2, 0.25) is 0 Å². The zero-order valence-electron chi connectivity index (χ0n) is 19.8. The van der Waals surface area contributed by atoms with E-state index < -0.39 is 11.5 Å². The Labute approximate surface area is 182 Å². The zero-order chi connectivity index (χ0) is 22.9. The van der Waals surface area contributed by atoms with Gasteiger partial charge in [0.1, 0.15) is 0 Å². The number of rotatable bonds is 3. The Balaban J connectivity index is 0.000000826. The van der Waals surface area contributed by atoms with Gasteiger partial charge >= 0.3 is 0 Å². The molecule has 4 heteroatoms. The number of carbonyl (C=O) groups excluding carboxylic acids is 1. The lowest BCUT2D eigenvalue weighted by Gasteiger charge is -2.27. The molecular weight excluding hydrogens is 372 g/mol. The summed E-state index contributed by atoms with van der Waals surface area (Å²) < 4.78 is 0. The number of nitrogens with two attached hydrogens (primary N) is 1. The van der Waals surface area contributed by atoms with E-state index in [-0.39, 0.29) is 0 Å². The molecule has 0 saturated carbocycles. The molecule has 1 unspecified atom stereocenters. The normalized spacial score (nSPS) is 19.8. The van der Waals surface area contributed by atoms with Crippen LogP contribution in [0.1, 0.15) is 88.7 Å². The molecule has 164 valence electrons. The van der Waals surface area contributed by atoms with E-state index in [0.717, 1.165) is 35.3 Å². The van der Waals surface area contributed by atoms with E-state index in [1.54, 1.807) is 6.07 Å². The lowest BCUT2D eigenvalue weighted by Crippen LogP contribution is -2.31. The molecule has 30 heavy (non-hydrogen) atoms. The van der Waals surface area contributed by atoms with Crippen molar-refractivity contribution in [2.45, 2.75) is 79.8 Å². The van der Waals surface area contributed by atoms with Crippen molar-refractivity contribution >= 4 is 11.6 Å². The fourth-order valence-corrected chi connectivity index (χ4v) is 3.55. The highest BCUT2D eigenvalue weighted by Crippen LogP contribution is 2.41. The van der Waals surface area contributed by atoms with Crippen LogP contribution in [0.25, 0.3) is 0 Å². The third-order valence-electron chi connectivity index (χ3n) is 4.99. The van der Waals surface area contributed by atoms with Gasteiger partial charge in [0.2, 0.25) is 5.91 Å². The van der Waals surface area contributed by atoms with Gasteiger partial charge in [-0.05, 0) is 49.1 Å². The Hall–Kier alpha value is -2.62. The number of hydrogen-bond donors (Lipinski definition) is 1. The number of nitrogens with zero attached hydrogens (tertiary/aromatic N) is 1. The van der Waals surface area contributed by atoms with Gasteiger partial charge in [0, 0.05) is 18.4 Å². The minimum atomic E-state index is -0.509. The summed E-state index contributed by atoms with van der Waals surface area (Å²) in [6.45, 7) is 18.6. The van der Waals surface area contributed by atoms with Crippen molar-refractivity contribution in [3.8, 4) is 0 Å². The van der Waals surface area contributed by atoms with Crippen molar-refractivity contribution in [3.05, 3.63) is 70.3 Å². The molecule has 1 aliphatic heterocycles. The summed E-state index contributed by atoms with van der Waals surface area (Å²) in [4.78, 5) is 17.4. The first kappa shape index (κ1) is 25.4. The highest BCUT2D eigenvalue weighted by molar-refractivity contribution is 6.03. The van der Waals surface area contributed by atoms with Crippen LogP contribution < -0.4 is 5.73 Å². The Morgan fingerprint density at radius 2 is 1.80 bits per heavy atom. The van der Waals surface area contributed by atoms with Crippen molar-refractivity contribution in [3.63, 3.8) is 0 Å². The second-order valence-electron chi connectivity index (χ2n) is 7.65. The fourth-order valence-electron chi connectivity index (χ4n) is 3.55. The largest absolute Gasteiger partial charge is 0.383 e. The Bertz CT molecular complexity index is 862. The molecule has 1 heterocycles. The number of allylic oxidation sites excluding steroid dienone is 2. The molecule has 0 aromatic heterocycles. The molecule has 2 N–H and O–H groups in total. The molecule has 4 nitrogen and oxygen atoms in total. The molecule has 0 bridgehead atoms. The minimum Gasteiger partial charge on any atom is -0.383 e. The number of carbonyl (C=O) groups is 1. The monoisotopic (exact) mass is 410 g/mol. The zero-order valence-corrected chi connectivity index (χ0v) is 19.8. The van der Waals surface area contributed by atoms with E-state index >= 15 is 0 Å². The molecule has 1 aliphatic carbocycles. The van der Waals surface area contributed by atoms with E-state index in [9.17, 15) is 4.79 Å². The Morgan fingerprint density at radius 1 is 1.17 bits per heavy atom. The van der Waals surface area contributed by atoms with Gasteiger partial charge in [-0.2, -0.15) is 0 Å². The van der Waals surface area contributed by atoms with Crippen molar-refractivity contribution < 1.29 is 9.63 Å². The van der Waals surface area contributed by atoms with Crippen molar-refractivity contribution in [2.24, 2.45) is 10.9 Å². The van der Waals surface area contributed by atoms with Crippen LogP contribution >= 0.6 is 0 Å². The van der Waals surface area contributed by atoms with E-state index in [4.69, 9.17) is 10.6 Å². The number of aryl methyl sites for hydroxylation is 1. The van der Waals surface area contributed by atoms with Crippen molar-refractivity contribution in [1.82, 2.24) is 0 Å². The van der Waals surface area contributed by atoms with Crippen LogP contribution in [0.4, 0.5) is 0 Å². The average molecular weight is 411 g/mol. The fraction of sp³-hybridized carbons (Fsp3) is 0.462. The molecule has 0 radical (unpaired) electrons. The van der Waals surface area contributed by atoms with Gasteiger partial charge < -0.3 is 10.6 Å². The van der Waals surface area contributed by atoms with Gasteiger partial charge in [-0.25, -0.2) is 0 Å². The molecule has 3 rings (SSSR count). The second kappa shape index (κ2) is 11.5. The van der Waals surface area contributed by atoms with Gasteiger partial charge in [-0.3, -0.25) is 4.79 Å². The highest BCUT2D eigenvalue weighted by Gasteiger charge is 2.42. The standard InChI is InChI=1S/C21H24N2O2.C3H8.C2H6/c1-5-16-9-13(2)8-15(4)21(11-16)12-19(23-25-21)17-6-7-18(20(22)24)14(3)10-17;1-3-2;1-2/h6-10H,4-5,11-12H2,1-3H3,(H2,22,24);3H2,1-2H3;1-2H3. The first-order chi connectivity index (χ1) is 14.3. The molecule has 1 aromatic carbocycles. The van der Waals surface area contributed by atoms with Crippen LogP contribution in [0.3, 0.4) is 0 Å². The van der Waals surface area contributed by atoms with Gasteiger partial charge in [-0.1, -0.05) is 82.1 Å². The molecular formula is C26H38N2O2. The van der Waals surface area contributed by atoms with Crippen LogP contribution in [-0.4, -0.2) is 17.2 Å². The molecule has 1 aromatic rings. The summed E-state index contributed by atoms with van der Waals surface area (Å²) in [5.41, 5.74) is 11.6. The second-order valence-corrected chi connectivity index (χ2v) is 7.65. The molecule has 0 saturated heterocycles. The molecule has 0 fully saturated rings. The summed E-state index contributed by atoms with van der Waals surface area (Å²) in [6.07, 6.45) is 7.99. The van der Waals surface area contributed by atoms with Crippen LogP contribution in [0, 0.1) is 6.92 Å². The summed E-state index contributed by atoms with van der Waals surface area (Å²) in [7, 11) is 0. The minimum absolute atomic E-state index is 0.416. The number of oxime groups is 1. The maximum Gasteiger partial charge on any atom is 0.248 e. The summed E-state index contributed by atoms with van der Waals surface area (Å²) in [6, 6.07) is 5.58. The van der Waals surface area contributed by atoms with E-state index in [1.165, 1.54) is 17.6 Å². The van der Waals surface area contributed by atoms with Gasteiger partial charge in [-0.15, -0.1) is 0 Å². The Morgan fingerprint density at radius 3 is 2.33 bits per heavy atom. The summed E-state index contributed by atoms with van der Waals surface area (Å²) in [5.74, 6) is -0.416. The van der Waals surface area contributed by atoms with Crippen molar-refractivity contribution in [2.75, 3.05) is 0 Å². The smallest absolute Gasteiger partial charge is 0.248 e. The van der Waals surface area contributed by atoms with E-state index in [1.807, 2.05) is 32.9 Å². The number of benzene rings is 1. The Kier molecular flexibility index (Phi) is 9.77. The maximum absolute atomic E-state index is 11.4. The van der Waals surface area contributed by atoms with Gasteiger partial charge in [0.15, 0.2) is 5.60 Å². The average Bonchev–Trinajstić information content (AvgIpc) is 3.09. The summed E-state index contributed by atoms with van der Waals surface area (Å²) >= 11 is 0. The summed E-state index contributed by atoms with van der Waals surface area (Å²) in [5, 5.41) is 4.37. The van der Waals surface area contributed by atoms with Crippen LogP contribution in [0.5, 0.6) is 0 Å². The highest BCUT2D eigenvalue weighted by atomic mass is 16.7. The van der Waals surface area contributed by atoms with Crippen LogP contribution in [-0.2, 0) is 4.84 Å². The lowest BCUT2D eigenvalue weighted by atomic mass is 9.82. The molecule has 2 aliphatic rings. The number of hydrogen-bond acceptors (Lipinski definition) is 3. The molecule has 1 spiro atoms. The van der Waals surface area contributed by atoms with Crippen LogP contribution in [0.15, 0.2) is 58.8 Å². The van der Waals surface area contributed by atoms with Gasteiger partial charge in [0.05, 0.1) is 5.71 Å². The molecule has 1 amide bonds.